The summed E-state index contributed by atoms with van der Waals surface area (Å²) in [6.45, 7) is 0. The Labute approximate surface area is 377 Å². The lowest BCUT2D eigenvalue weighted by Gasteiger charge is -2.52. The van der Waals surface area contributed by atoms with Crippen LogP contribution in [-0.4, -0.2) is 56.2 Å². The Morgan fingerprint density at radius 2 is 0.833 bits per heavy atom. The van der Waals surface area contributed by atoms with E-state index in [1.165, 1.54) is 89.9 Å². The second kappa shape index (κ2) is 17.4. The van der Waals surface area contributed by atoms with Crippen LogP contribution in [0.4, 0.5) is 0 Å². The number of hydrogen-bond acceptors (Lipinski definition) is 4. The highest BCUT2D eigenvalue weighted by Crippen LogP contribution is 2.66. The summed E-state index contributed by atoms with van der Waals surface area (Å²) in [4.78, 5) is 3.38. The molecule has 0 aromatic rings. The van der Waals surface area contributed by atoms with Crippen molar-refractivity contribution in [2.24, 2.45) is 82.9 Å². The zero-order valence-electron chi connectivity index (χ0n) is 38.3. The predicted octanol–water partition coefficient (Wildman–Crippen LogP) is 14.8. The van der Waals surface area contributed by atoms with Crippen molar-refractivity contribution in [3.05, 3.63) is 0 Å². The van der Waals surface area contributed by atoms with E-state index in [4.69, 9.17) is 4.74 Å². The number of nitrogens with zero attached hydrogens (tertiary/aromatic N) is 1. The van der Waals surface area contributed by atoms with Crippen molar-refractivity contribution in [2.45, 2.75) is 263 Å². The standard InChI is InChI=1S/C56H89NOS2/c1-3-12-41-34(9-1)11-7-15-42(41)36-19-24-38(25-20-36)57(40-28-29-47-50(33-40)58-49-31-23-35-10-2-4-13-43(35)53(47)49)39-26-21-37(22-27-39)44-16-8-17-45-46-30-32-52-54(56(46)60-55(44)45)48-14-5-6-18-51(48)59-52/h34-56H,1-33H2. The molecule has 3 heterocycles. The summed E-state index contributed by atoms with van der Waals surface area (Å²) < 4.78 is 7.32. The van der Waals surface area contributed by atoms with Crippen LogP contribution in [0.1, 0.15) is 212 Å². The molecule has 10 aliphatic carbocycles. The molecule has 19 unspecified atom stereocenters. The first-order valence-corrected chi connectivity index (χ1v) is 30.4. The third-order valence-corrected chi connectivity index (χ3v) is 27.2. The van der Waals surface area contributed by atoms with Gasteiger partial charge in [0.1, 0.15) is 0 Å². The lowest BCUT2D eigenvalue weighted by Crippen LogP contribution is -2.55. The fourth-order valence-electron chi connectivity index (χ4n) is 21.1. The highest BCUT2D eigenvalue weighted by Gasteiger charge is 2.60. The highest BCUT2D eigenvalue weighted by atomic mass is 32.2. The second-order valence-corrected chi connectivity index (χ2v) is 28.2. The van der Waals surface area contributed by atoms with Gasteiger partial charge in [0.2, 0.25) is 0 Å². The monoisotopic (exact) mass is 856 g/mol. The first kappa shape index (κ1) is 40.9. The molecule has 3 saturated heterocycles. The first-order valence-electron chi connectivity index (χ1n) is 28.5. The fourth-order valence-corrected chi connectivity index (χ4v) is 25.9. The zero-order valence-corrected chi connectivity index (χ0v) is 39.9. The molecule has 0 radical (unpaired) electrons. The van der Waals surface area contributed by atoms with E-state index >= 15 is 0 Å². The minimum absolute atomic E-state index is 0.587. The van der Waals surface area contributed by atoms with Gasteiger partial charge in [-0.25, -0.2) is 0 Å². The van der Waals surface area contributed by atoms with Crippen LogP contribution in [-0.2, 0) is 4.74 Å². The van der Waals surface area contributed by atoms with Crippen molar-refractivity contribution in [3.8, 4) is 0 Å². The van der Waals surface area contributed by atoms with E-state index in [1.807, 2.05) is 0 Å². The summed E-state index contributed by atoms with van der Waals surface area (Å²) in [7, 11) is 0. The molecule has 0 spiro atoms. The van der Waals surface area contributed by atoms with Crippen LogP contribution < -0.4 is 0 Å². The van der Waals surface area contributed by atoms with Crippen molar-refractivity contribution in [2.75, 3.05) is 0 Å². The lowest BCUT2D eigenvalue weighted by atomic mass is 9.59. The Morgan fingerprint density at radius 3 is 1.63 bits per heavy atom. The molecule has 13 aliphatic rings. The molecular formula is C56H89NOS2. The van der Waals surface area contributed by atoms with Crippen LogP contribution in [0.2, 0.25) is 0 Å². The second-order valence-electron chi connectivity index (χ2n) is 25.4. The normalized spacial score (nSPS) is 56.2. The number of hydrogen-bond donors (Lipinski definition) is 0. The van der Waals surface area contributed by atoms with E-state index in [0.29, 0.717) is 12.2 Å². The summed E-state index contributed by atoms with van der Waals surface area (Å²) in [5, 5.41) is 4.14. The summed E-state index contributed by atoms with van der Waals surface area (Å²) in [5.41, 5.74) is 0. The molecule has 3 aliphatic heterocycles. The predicted molar refractivity (Wildman–Crippen MR) is 253 cm³/mol. The van der Waals surface area contributed by atoms with Crippen LogP contribution >= 0.6 is 23.5 Å². The van der Waals surface area contributed by atoms with Gasteiger partial charge < -0.3 is 4.74 Å². The van der Waals surface area contributed by atoms with Gasteiger partial charge in [-0.2, -0.15) is 23.5 Å². The van der Waals surface area contributed by atoms with Crippen LogP contribution in [0.15, 0.2) is 0 Å². The fraction of sp³-hybridized carbons (Fsp3) is 1.00. The quantitative estimate of drug-likeness (QED) is 0.273. The molecule has 2 nitrogen and oxygen atoms in total. The Morgan fingerprint density at radius 1 is 0.300 bits per heavy atom. The van der Waals surface area contributed by atoms with Gasteiger partial charge in [0.25, 0.3) is 0 Å². The summed E-state index contributed by atoms with van der Waals surface area (Å²) in [5.74, 6) is 14.7. The third-order valence-electron chi connectivity index (χ3n) is 23.4. The smallest absolute Gasteiger partial charge is 0.0625 e. The lowest BCUT2D eigenvalue weighted by molar-refractivity contribution is -0.0531. The van der Waals surface area contributed by atoms with Crippen molar-refractivity contribution < 1.29 is 4.74 Å². The maximum absolute atomic E-state index is 7.32. The van der Waals surface area contributed by atoms with E-state index in [1.54, 1.807) is 122 Å². The Kier molecular flexibility index (Phi) is 11.8. The van der Waals surface area contributed by atoms with Gasteiger partial charge in [-0.15, -0.1) is 0 Å². The molecule has 0 amide bonds. The van der Waals surface area contributed by atoms with Crippen molar-refractivity contribution in [3.63, 3.8) is 0 Å². The molecule has 10 saturated carbocycles. The molecule has 13 fully saturated rings. The maximum atomic E-state index is 7.32. The van der Waals surface area contributed by atoms with Crippen molar-refractivity contribution in [1.82, 2.24) is 4.90 Å². The number of rotatable bonds is 5. The molecule has 13 rings (SSSR count). The maximum Gasteiger partial charge on any atom is 0.0625 e. The molecular weight excluding hydrogens is 767 g/mol. The number of ether oxygens (including phenoxy) is 1. The van der Waals surface area contributed by atoms with Gasteiger partial charge in [0, 0.05) is 39.1 Å². The first-order chi connectivity index (χ1) is 29.7. The van der Waals surface area contributed by atoms with Gasteiger partial charge in [-0.05, 0) is 224 Å². The van der Waals surface area contributed by atoms with Gasteiger partial charge in [0.05, 0.1) is 12.2 Å². The molecule has 0 aromatic carbocycles. The number of thioether (sulfide) groups is 2. The van der Waals surface area contributed by atoms with Crippen LogP contribution in [0.5, 0.6) is 0 Å². The third kappa shape index (κ3) is 7.18. The van der Waals surface area contributed by atoms with E-state index in [2.05, 4.69) is 28.4 Å². The Hall–Kier alpha value is 0.620. The molecule has 4 heteroatoms. The molecule has 0 N–H and O–H groups in total. The van der Waals surface area contributed by atoms with E-state index in [9.17, 15) is 0 Å². The van der Waals surface area contributed by atoms with Gasteiger partial charge >= 0.3 is 0 Å². The molecule has 60 heavy (non-hydrogen) atoms. The van der Waals surface area contributed by atoms with E-state index in [0.717, 1.165) is 122 Å². The molecule has 0 bridgehead atoms. The minimum Gasteiger partial charge on any atom is -0.374 e. The molecule has 19 atom stereocenters. The average molecular weight is 856 g/mol. The summed E-state index contributed by atoms with van der Waals surface area (Å²) >= 11 is 5.19. The van der Waals surface area contributed by atoms with Crippen molar-refractivity contribution >= 4 is 23.5 Å². The highest BCUT2D eigenvalue weighted by molar-refractivity contribution is 8.02. The van der Waals surface area contributed by atoms with Crippen molar-refractivity contribution in [1.29, 1.82) is 0 Å². The van der Waals surface area contributed by atoms with Crippen LogP contribution in [0.3, 0.4) is 0 Å². The summed E-state index contributed by atoms with van der Waals surface area (Å²) in [6, 6.07) is 2.54. The number of fused-ring (bicyclic) bond motifs is 13. The van der Waals surface area contributed by atoms with Crippen LogP contribution in [0, 0.1) is 82.9 Å². The van der Waals surface area contributed by atoms with Gasteiger partial charge in [-0.3, -0.25) is 4.90 Å². The summed E-state index contributed by atoms with van der Waals surface area (Å²) in [6.07, 6.45) is 52.1. The van der Waals surface area contributed by atoms with E-state index < -0.39 is 0 Å². The minimum atomic E-state index is 0.587. The Balaban J connectivity index is 0.706. The largest absolute Gasteiger partial charge is 0.374 e. The van der Waals surface area contributed by atoms with E-state index in [-0.39, 0.29) is 0 Å². The Bertz CT molecular complexity index is 1470. The zero-order chi connectivity index (χ0) is 39.3. The van der Waals surface area contributed by atoms with Gasteiger partial charge in [-0.1, -0.05) is 70.6 Å². The topological polar surface area (TPSA) is 12.5 Å². The molecule has 336 valence electrons. The molecule has 0 aromatic heterocycles. The van der Waals surface area contributed by atoms with Gasteiger partial charge in [0.15, 0.2) is 0 Å². The average Bonchev–Trinajstić information content (AvgIpc) is 4.01. The SMILES string of the molecule is C1CCC2C(C1)CCCC2C1CCC(N(C2CCC(C3CCCC4C5CCC6SC7CCCCC7C6C5SC34)CC2)C2CCC3C(C2)OC2CCC4CCCCC4C23)CC1. The van der Waals surface area contributed by atoms with Crippen LogP contribution in [0.25, 0.3) is 0 Å².